The fourth-order valence-corrected chi connectivity index (χ4v) is 2.05. The number of aryl methyl sites for hydroxylation is 2. The van der Waals surface area contributed by atoms with Crippen LogP contribution in [0.15, 0.2) is 35.3 Å². The second kappa shape index (κ2) is 5.97. The van der Waals surface area contributed by atoms with Crippen molar-refractivity contribution in [3.63, 3.8) is 0 Å². The van der Waals surface area contributed by atoms with E-state index < -0.39 is 0 Å². The molecule has 2 aromatic rings. The van der Waals surface area contributed by atoms with E-state index in [-0.39, 0.29) is 10.8 Å². The Morgan fingerprint density at radius 1 is 1.20 bits per heavy atom. The summed E-state index contributed by atoms with van der Waals surface area (Å²) in [7, 11) is 1.48. The average molecular weight is 290 g/mol. The van der Waals surface area contributed by atoms with Crippen molar-refractivity contribution in [2.45, 2.75) is 13.8 Å². The van der Waals surface area contributed by atoms with Gasteiger partial charge in [0.25, 0.3) is 0 Å². The summed E-state index contributed by atoms with van der Waals surface area (Å²) in [5.74, 6) is 0.276. The molecule has 0 radical (unpaired) electrons. The van der Waals surface area contributed by atoms with E-state index in [1.54, 1.807) is 18.3 Å². The van der Waals surface area contributed by atoms with E-state index in [1.807, 2.05) is 26.0 Å². The average Bonchev–Trinajstić information content (AvgIpc) is 2.43. The molecule has 3 nitrogen and oxygen atoms in total. The van der Waals surface area contributed by atoms with Crippen LogP contribution in [0, 0.1) is 13.8 Å². The second-order valence-electron chi connectivity index (χ2n) is 4.60. The summed E-state index contributed by atoms with van der Waals surface area (Å²) in [6.07, 6.45) is 1.70. The third-order valence-corrected chi connectivity index (χ3v) is 3.28. The quantitative estimate of drug-likeness (QED) is 0.850. The lowest BCUT2D eigenvalue weighted by Gasteiger charge is -2.06. The smallest absolute Gasteiger partial charge is 0.176 e. The maximum Gasteiger partial charge on any atom is 0.176 e. The number of hydrogen-bond acceptors (Lipinski definition) is 3. The zero-order valence-electron chi connectivity index (χ0n) is 11.6. The van der Waals surface area contributed by atoms with E-state index in [9.17, 15) is 5.11 Å². The number of rotatable bonds is 3. The van der Waals surface area contributed by atoms with Crippen LogP contribution in [0.5, 0.6) is 11.5 Å². The highest BCUT2D eigenvalue weighted by Crippen LogP contribution is 2.34. The molecule has 0 aliphatic carbocycles. The van der Waals surface area contributed by atoms with Crippen LogP contribution in [-0.4, -0.2) is 18.4 Å². The van der Waals surface area contributed by atoms with Gasteiger partial charge in [-0.3, -0.25) is 4.99 Å². The number of methoxy groups -OCH3 is 1. The molecule has 0 atom stereocenters. The van der Waals surface area contributed by atoms with Crippen molar-refractivity contribution >= 4 is 23.5 Å². The Hall–Kier alpha value is -2.00. The van der Waals surface area contributed by atoms with Crippen LogP contribution >= 0.6 is 11.6 Å². The molecule has 0 aliphatic rings. The molecule has 0 aromatic heterocycles. The zero-order chi connectivity index (χ0) is 14.7. The summed E-state index contributed by atoms with van der Waals surface area (Å²) < 4.78 is 5.07. The van der Waals surface area contributed by atoms with E-state index in [4.69, 9.17) is 16.3 Å². The maximum absolute atomic E-state index is 9.69. The molecule has 1 N–H and O–H groups in total. The van der Waals surface area contributed by atoms with Crippen LogP contribution in [-0.2, 0) is 0 Å². The Labute approximate surface area is 123 Å². The van der Waals surface area contributed by atoms with Gasteiger partial charge in [-0.2, -0.15) is 0 Å². The number of benzene rings is 2. The Bertz CT molecular complexity index is 666. The van der Waals surface area contributed by atoms with Crippen molar-refractivity contribution in [3.8, 4) is 11.5 Å². The largest absolute Gasteiger partial charge is 0.503 e. The minimum atomic E-state index is -0.0574. The lowest BCUT2D eigenvalue weighted by molar-refractivity contribution is 0.373. The summed E-state index contributed by atoms with van der Waals surface area (Å²) in [5.41, 5.74) is 3.94. The van der Waals surface area contributed by atoms with Gasteiger partial charge in [-0.1, -0.05) is 23.7 Å². The summed E-state index contributed by atoms with van der Waals surface area (Å²) in [6.45, 7) is 4.04. The van der Waals surface area contributed by atoms with Gasteiger partial charge in [-0.25, -0.2) is 0 Å². The summed E-state index contributed by atoms with van der Waals surface area (Å²) >= 11 is 5.94. The first-order valence-electron chi connectivity index (χ1n) is 6.19. The first-order valence-corrected chi connectivity index (χ1v) is 6.57. The zero-order valence-corrected chi connectivity index (χ0v) is 12.4. The van der Waals surface area contributed by atoms with Crippen LogP contribution in [0.1, 0.15) is 16.7 Å². The van der Waals surface area contributed by atoms with E-state index >= 15 is 0 Å². The Morgan fingerprint density at radius 2 is 1.95 bits per heavy atom. The predicted molar refractivity (Wildman–Crippen MR) is 82.8 cm³/mol. The third-order valence-electron chi connectivity index (χ3n) is 2.99. The number of nitrogens with zero attached hydrogens (tertiary/aromatic N) is 1. The monoisotopic (exact) mass is 289 g/mol. The number of hydrogen-bond donors (Lipinski definition) is 1. The fraction of sp³-hybridized carbons (Fsp3) is 0.188. The number of phenols is 1. The van der Waals surface area contributed by atoms with Crippen molar-refractivity contribution in [2.24, 2.45) is 4.99 Å². The van der Waals surface area contributed by atoms with Crippen LogP contribution in [0.25, 0.3) is 0 Å². The van der Waals surface area contributed by atoms with Crippen LogP contribution in [0.2, 0.25) is 5.02 Å². The van der Waals surface area contributed by atoms with Gasteiger partial charge in [0.15, 0.2) is 11.5 Å². The van der Waals surface area contributed by atoms with Gasteiger partial charge in [0.2, 0.25) is 0 Å². The lowest BCUT2D eigenvalue weighted by atomic mass is 10.1. The minimum Gasteiger partial charge on any atom is -0.503 e. The number of ether oxygens (including phenoxy) is 1. The first-order chi connectivity index (χ1) is 9.51. The van der Waals surface area contributed by atoms with Crippen molar-refractivity contribution in [1.82, 2.24) is 0 Å². The highest BCUT2D eigenvalue weighted by molar-refractivity contribution is 6.32. The Balaban J connectivity index is 2.36. The molecule has 0 aliphatic heterocycles. The molecule has 0 unspecified atom stereocenters. The molecular formula is C16H16ClNO2. The molecule has 0 bridgehead atoms. The highest BCUT2D eigenvalue weighted by atomic mass is 35.5. The van der Waals surface area contributed by atoms with E-state index in [0.717, 1.165) is 22.4 Å². The molecule has 104 valence electrons. The second-order valence-corrected chi connectivity index (χ2v) is 5.01. The normalized spacial score (nSPS) is 11.0. The van der Waals surface area contributed by atoms with Crippen LogP contribution in [0.4, 0.5) is 5.69 Å². The Morgan fingerprint density at radius 3 is 2.65 bits per heavy atom. The minimum absolute atomic E-state index is 0.0574. The molecule has 0 amide bonds. The van der Waals surface area contributed by atoms with Crippen molar-refractivity contribution < 1.29 is 9.84 Å². The lowest BCUT2D eigenvalue weighted by Crippen LogP contribution is -1.88. The topological polar surface area (TPSA) is 41.8 Å². The molecule has 0 spiro atoms. The van der Waals surface area contributed by atoms with E-state index in [0.29, 0.717) is 5.75 Å². The molecule has 4 heteroatoms. The molecular weight excluding hydrogens is 274 g/mol. The molecule has 20 heavy (non-hydrogen) atoms. The summed E-state index contributed by atoms with van der Waals surface area (Å²) in [4.78, 5) is 4.46. The van der Waals surface area contributed by atoms with Gasteiger partial charge >= 0.3 is 0 Å². The molecule has 2 aromatic carbocycles. The molecule has 0 saturated carbocycles. The van der Waals surface area contributed by atoms with Crippen molar-refractivity contribution in [1.29, 1.82) is 0 Å². The number of aromatic hydroxyl groups is 1. The third kappa shape index (κ3) is 3.11. The first kappa shape index (κ1) is 14.4. The summed E-state index contributed by atoms with van der Waals surface area (Å²) in [6, 6.07) is 9.44. The standard InChI is InChI=1S/C16H16ClNO2/c1-10-4-5-11(2)14(6-10)18-9-12-7-13(17)16(19)15(8-12)20-3/h4-9,19H,1-3H3. The predicted octanol–water partition coefficient (Wildman–Crippen LogP) is 4.42. The Kier molecular flexibility index (Phi) is 4.30. The number of halogens is 1. The van der Waals surface area contributed by atoms with E-state index in [1.165, 1.54) is 7.11 Å². The maximum atomic E-state index is 9.69. The number of aliphatic imine (C=N–C) groups is 1. The summed E-state index contributed by atoms with van der Waals surface area (Å²) in [5, 5.41) is 9.93. The molecule has 0 heterocycles. The van der Waals surface area contributed by atoms with Gasteiger partial charge in [0, 0.05) is 6.21 Å². The van der Waals surface area contributed by atoms with Gasteiger partial charge in [0.1, 0.15) is 0 Å². The van der Waals surface area contributed by atoms with Crippen LogP contribution in [0.3, 0.4) is 0 Å². The highest BCUT2D eigenvalue weighted by Gasteiger charge is 2.07. The SMILES string of the molecule is COc1cc(C=Nc2cc(C)ccc2C)cc(Cl)c1O. The fourth-order valence-electron chi connectivity index (χ4n) is 1.83. The number of phenolic OH excluding ortho intramolecular Hbond substituents is 1. The van der Waals surface area contributed by atoms with E-state index in [2.05, 4.69) is 11.1 Å². The molecule has 0 fully saturated rings. The molecule has 2 rings (SSSR count). The van der Waals surface area contributed by atoms with Gasteiger partial charge < -0.3 is 9.84 Å². The van der Waals surface area contributed by atoms with Gasteiger partial charge in [-0.15, -0.1) is 0 Å². The van der Waals surface area contributed by atoms with Crippen molar-refractivity contribution in [2.75, 3.05) is 7.11 Å². The van der Waals surface area contributed by atoms with Crippen LogP contribution < -0.4 is 4.74 Å². The van der Waals surface area contributed by atoms with Gasteiger partial charge in [0.05, 0.1) is 17.8 Å². The molecule has 0 saturated heterocycles. The van der Waals surface area contributed by atoms with Crippen molar-refractivity contribution in [3.05, 3.63) is 52.0 Å². The van der Waals surface area contributed by atoms with Gasteiger partial charge in [-0.05, 0) is 48.7 Å².